The van der Waals surface area contributed by atoms with Crippen LogP contribution in [-0.2, 0) is 0 Å². The molecule has 0 saturated carbocycles. The first-order valence-electron chi connectivity index (χ1n) is 7.60. The van der Waals surface area contributed by atoms with Gasteiger partial charge in [-0.1, -0.05) is 31.2 Å². The van der Waals surface area contributed by atoms with Crippen LogP contribution in [0.2, 0.25) is 0 Å². The van der Waals surface area contributed by atoms with Gasteiger partial charge in [0.25, 0.3) is 5.91 Å². The molecule has 2 aromatic carbocycles. The summed E-state index contributed by atoms with van der Waals surface area (Å²) in [5, 5.41) is 4.11. The van der Waals surface area contributed by atoms with E-state index in [1.165, 1.54) is 11.9 Å². The Morgan fingerprint density at radius 1 is 1.17 bits per heavy atom. The molecule has 1 aliphatic heterocycles. The van der Waals surface area contributed by atoms with Gasteiger partial charge >= 0.3 is 0 Å². The lowest BCUT2D eigenvalue weighted by Crippen LogP contribution is -2.29. The molecule has 5 heteroatoms. The van der Waals surface area contributed by atoms with Crippen LogP contribution in [0.25, 0.3) is 5.69 Å². The lowest BCUT2D eigenvalue weighted by Gasteiger charge is -2.18. The topological polar surface area (TPSA) is 51.0 Å². The SMILES string of the molecule is C[C@H]1CN(C(=O)c2cccc(-n3cncn3)c2)c2ccccc21. The Bertz CT molecular complexity index is 857. The molecule has 0 radical (unpaired) electrons. The van der Waals surface area contributed by atoms with Crippen molar-refractivity contribution in [3.8, 4) is 5.69 Å². The van der Waals surface area contributed by atoms with E-state index >= 15 is 0 Å². The van der Waals surface area contributed by atoms with Gasteiger partial charge in [0.05, 0.1) is 5.69 Å². The van der Waals surface area contributed by atoms with E-state index in [-0.39, 0.29) is 5.91 Å². The van der Waals surface area contributed by atoms with E-state index in [9.17, 15) is 4.79 Å². The van der Waals surface area contributed by atoms with Crippen molar-refractivity contribution < 1.29 is 4.79 Å². The Morgan fingerprint density at radius 3 is 2.87 bits per heavy atom. The third kappa shape index (κ3) is 2.30. The molecule has 1 amide bonds. The fourth-order valence-electron chi connectivity index (χ4n) is 3.09. The van der Waals surface area contributed by atoms with Crippen LogP contribution < -0.4 is 4.90 Å². The summed E-state index contributed by atoms with van der Waals surface area (Å²) in [5.41, 5.74) is 3.72. The maximum atomic E-state index is 13.0. The van der Waals surface area contributed by atoms with Crippen molar-refractivity contribution in [2.45, 2.75) is 12.8 Å². The summed E-state index contributed by atoms with van der Waals surface area (Å²) >= 11 is 0. The summed E-state index contributed by atoms with van der Waals surface area (Å²) in [6.45, 7) is 2.86. The molecule has 2 heterocycles. The number of hydrogen-bond acceptors (Lipinski definition) is 3. The number of amides is 1. The minimum absolute atomic E-state index is 0.0174. The minimum Gasteiger partial charge on any atom is -0.307 e. The summed E-state index contributed by atoms with van der Waals surface area (Å²) in [7, 11) is 0. The monoisotopic (exact) mass is 304 g/mol. The number of aromatic nitrogens is 3. The average Bonchev–Trinajstić information content (AvgIpc) is 3.23. The summed E-state index contributed by atoms with van der Waals surface area (Å²) < 4.78 is 1.65. The molecular formula is C18H16N4O. The highest BCUT2D eigenvalue weighted by atomic mass is 16.2. The summed E-state index contributed by atoms with van der Waals surface area (Å²) in [5.74, 6) is 0.373. The lowest BCUT2D eigenvalue weighted by molar-refractivity contribution is 0.0988. The normalized spacial score (nSPS) is 16.4. The highest BCUT2D eigenvalue weighted by Crippen LogP contribution is 2.36. The maximum absolute atomic E-state index is 13.0. The number of rotatable bonds is 2. The molecule has 3 aromatic rings. The number of carbonyl (C=O) groups is 1. The molecule has 0 bridgehead atoms. The second-order valence-corrected chi connectivity index (χ2v) is 5.77. The van der Waals surface area contributed by atoms with Crippen molar-refractivity contribution in [1.82, 2.24) is 14.8 Å². The van der Waals surface area contributed by atoms with E-state index < -0.39 is 0 Å². The molecular weight excluding hydrogens is 288 g/mol. The standard InChI is InChI=1S/C18H16N4O/c1-13-10-21(17-8-3-2-7-16(13)17)18(23)14-5-4-6-15(9-14)22-12-19-11-20-22/h2-9,11-13H,10H2,1H3/t13-/m0/s1. The van der Waals surface area contributed by atoms with E-state index in [4.69, 9.17) is 0 Å². The van der Waals surface area contributed by atoms with Crippen LogP contribution in [0, 0.1) is 0 Å². The molecule has 0 N–H and O–H groups in total. The predicted molar refractivity (Wildman–Crippen MR) is 87.9 cm³/mol. The number of nitrogens with zero attached hydrogens (tertiary/aromatic N) is 4. The first kappa shape index (κ1) is 13.7. The molecule has 0 aliphatic carbocycles. The molecule has 0 fully saturated rings. The van der Waals surface area contributed by atoms with Gasteiger partial charge in [0.1, 0.15) is 12.7 Å². The molecule has 114 valence electrons. The number of fused-ring (bicyclic) bond motifs is 1. The van der Waals surface area contributed by atoms with Crippen LogP contribution in [0.3, 0.4) is 0 Å². The molecule has 0 unspecified atom stereocenters. The molecule has 0 spiro atoms. The van der Waals surface area contributed by atoms with Crippen LogP contribution >= 0.6 is 0 Å². The van der Waals surface area contributed by atoms with Gasteiger partial charge in [0, 0.05) is 23.7 Å². The molecule has 1 aliphatic rings. The fourth-order valence-corrected chi connectivity index (χ4v) is 3.09. The molecule has 23 heavy (non-hydrogen) atoms. The quantitative estimate of drug-likeness (QED) is 0.731. The average molecular weight is 304 g/mol. The van der Waals surface area contributed by atoms with E-state index in [1.807, 2.05) is 47.4 Å². The maximum Gasteiger partial charge on any atom is 0.258 e. The Kier molecular flexibility index (Phi) is 3.19. The molecule has 5 nitrogen and oxygen atoms in total. The third-order valence-electron chi connectivity index (χ3n) is 4.24. The van der Waals surface area contributed by atoms with E-state index in [0.29, 0.717) is 18.0 Å². The van der Waals surface area contributed by atoms with Crippen LogP contribution in [0.4, 0.5) is 5.69 Å². The predicted octanol–water partition coefficient (Wildman–Crippen LogP) is 3.03. The van der Waals surface area contributed by atoms with Crippen molar-refractivity contribution in [3.63, 3.8) is 0 Å². The summed E-state index contributed by atoms with van der Waals surface area (Å²) in [6, 6.07) is 15.6. The van der Waals surface area contributed by atoms with Crippen molar-refractivity contribution in [1.29, 1.82) is 0 Å². The Labute approximate surface area is 134 Å². The Balaban J connectivity index is 1.70. The van der Waals surface area contributed by atoms with Gasteiger partial charge in [-0.2, -0.15) is 5.10 Å². The number of carbonyl (C=O) groups excluding carboxylic acids is 1. The van der Waals surface area contributed by atoms with Crippen molar-refractivity contribution in [2.24, 2.45) is 0 Å². The van der Waals surface area contributed by atoms with Crippen molar-refractivity contribution in [2.75, 3.05) is 11.4 Å². The highest BCUT2D eigenvalue weighted by molar-refractivity contribution is 6.07. The van der Waals surface area contributed by atoms with Crippen LogP contribution in [-0.4, -0.2) is 27.2 Å². The van der Waals surface area contributed by atoms with Gasteiger partial charge in [0.2, 0.25) is 0 Å². The molecule has 4 rings (SSSR count). The highest BCUT2D eigenvalue weighted by Gasteiger charge is 2.30. The first-order valence-corrected chi connectivity index (χ1v) is 7.60. The third-order valence-corrected chi connectivity index (χ3v) is 4.24. The van der Waals surface area contributed by atoms with Gasteiger partial charge < -0.3 is 4.90 Å². The number of hydrogen-bond donors (Lipinski definition) is 0. The molecule has 1 aromatic heterocycles. The van der Waals surface area contributed by atoms with Gasteiger partial charge in [0.15, 0.2) is 0 Å². The molecule has 1 atom stereocenters. The zero-order valence-corrected chi connectivity index (χ0v) is 12.8. The Morgan fingerprint density at radius 2 is 2.04 bits per heavy atom. The smallest absolute Gasteiger partial charge is 0.258 e. The fraction of sp³-hybridized carbons (Fsp3) is 0.167. The zero-order valence-electron chi connectivity index (χ0n) is 12.8. The van der Waals surface area contributed by atoms with Gasteiger partial charge in [-0.3, -0.25) is 4.79 Å². The van der Waals surface area contributed by atoms with Gasteiger partial charge in [-0.25, -0.2) is 9.67 Å². The largest absolute Gasteiger partial charge is 0.307 e. The van der Waals surface area contributed by atoms with Crippen molar-refractivity contribution >= 4 is 11.6 Å². The van der Waals surface area contributed by atoms with Gasteiger partial charge in [-0.15, -0.1) is 0 Å². The van der Waals surface area contributed by atoms with Gasteiger partial charge in [-0.05, 0) is 29.8 Å². The van der Waals surface area contributed by atoms with E-state index in [2.05, 4.69) is 23.1 Å². The number of benzene rings is 2. The number of para-hydroxylation sites is 1. The van der Waals surface area contributed by atoms with Crippen LogP contribution in [0.5, 0.6) is 0 Å². The van der Waals surface area contributed by atoms with Crippen LogP contribution in [0.15, 0.2) is 61.2 Å². The van der Waals surface area contributed by atoms with E-state index in [0.717, 1.165) is 11.4 Å². The summed E-state index contributed by atoms with van der Waals surface area (Å²) in [6.07, 6.45) is 3.10. The van der Waals surface area contributed by atoms with Crippen LogP contribution in [0.1, 0.15) is 28.8 Å². The summed E-state index contributed by atoms with van der Waals surface area (Å²) in [4.78, 5) is 18.8. The van der Waals surface area contributed by atoms with E-state index in [1.54, 1.807) is 11.0 Å². The second kappa shape index (κ2) is 5.35. The zero-order chi connectivity index (χ0) is 15.8. The molecule has 0 saturated heterocycles. The Hall–Kier alpha value is -2.95. The first-order chi connectivity index (χ1) is 11.2. The number of anilines is 1. The lowest BCUT2D eigenvalue weighted by atomic mass is 10.0. The van der Waals surface area contributed by atoms with Crippen molar-refractivity contribution in [3.05, 3.63) is 72.3 Å². The second-order valence-electron chi connectivity index (χ2n) is 5.77. The minimum atomic E-state index is 0.0174.